The summed E-state index contributed by atoms with van der Waals surface area (Å²) in [5.41, 5.74) is 5.22. The van der Waals surface area contributed by atoms with Crippen LogP contribution in [0.15, 0.2) is 42.5 Å². The molecule has 3 aromatic rings. The van der Waals surface area contributed by atoms with Crippen molar-refractivity contribution in [1.82, 2.24) is 9.88 Å². The lowest BCUT2D eigenvalue weighted by atomic mass is 9.56. The number of β-amino-alcohol motifs (C(OH)–C–C–N with tert-alkyl or cyclic N) is 1. The molecule has 1 aliphatic heterocycles. The second-order valence-electron chi connectivity index (χ2n) is 10.2. The van der Waals surface area contributed by atoms with Crippen LogP contribution in [0.2, 0.25) is 0 Å². The Balaban J connectivity index is 1.50. The number of H-pyrrole nitrogens is 1. The Bertz CT molecular complexity index is 1150. The van der Waals surface area contributed by atoms with E-state index in [-0.39, 0.29) is 5.41 Å². The number of fused-ring (bicyclic) bond motifs is 4. The number of methoxy groups -OCH3 is 1. The molecule has 2 aromatic carbocycles. The Kier molecular flexibility index (Phi) is 4.28. The van der Waals surface area contributed by atoms with Gasteiger partial charge < -0.3 is 19.7 Å². The molecule has 6 rings (SSSR count). The van der Waals surface area contributed by atoms with Crippen molar-refractivity contribution in [1.29, 1.82) is 0 Å². The number of para-hydroxylation sites is 1. The van der Waals surface area contributed by atoms with Crippen LogP contribution in [0.5, 0.6) is 5.75 Å². The summed E-state index contributed by atoms with van der Waals surface area (Å²) in [5.74, 6) is 1.70. The summed E-state index contributed by atoms with van der Waals surface area (Å²) < 4.78 is 5.57. The maximum Gasteiger partial charge on any atom is 0.119 e. The summed E-state index contributed by atoms with van der Waals surface area (Å²) in [6.45, 7) is 5.10. The van der Waals surface area contributed by atoms with Gasteiger partial charge in [0.05, 0.1) is 12.7 Å². The lowest BCUT2D eigenvalue weighted by Crippen LogP contribution is -2.66. The van der Waals surface area contributed by atoms with Gasteiger partial charge >= 0.3 is 0 Å². The first kappa shape index (κ1) is 19.4. The molecule has 2 fully saturated rings. The minimum Gasteiger partial charge on any atom is -0.497 e. The molecule has 0 bridgehead atoms. The summed E-state index contributed by atoms with van der Waals surface area (Å²) in [7, 11) is 1.72. The second kappa shape index (κ2) is 6.85. The van der Waals surface area contributed by atoms with E-state index in [2.05, 4.69) is 53.2 Å². The lowest BCUT2D eigenvalue weighted by Gasteiger charge is -2.56. The van der Waals surface area contributed by atoms with Gasteiger partial charge in [0, 0.05) is 47.9 Å². The van der Waals surface area contributed by atoms with Crippen LogP contribution in [-0.2, 0) is 18.3 Å². The van der Waals surface area contributed by atoms with Crippen LogP contribution in [0.1, 0.15) is 41.6 Å². The number of rotatable bonds is 4. The molecule has 1 saturated carbocycles. The Hall–Kier alpha value is -2.30. The predicted molar refractivity (Wildman–Crippen MR) is 124 cm³/mol. The molecule has 2 atom stereocenters. The monoisotopic (exact) mass is 416 g/mol. The Morgan fingerprint density at radius 3 is 2.81 bits per heavy atom. The zero-order chi connectivity index (χ0) is 21.2. The highest BCUT2D eigenvalue weighted by molar-refractivity contribution is 5.88. The minimum atomic E-state index is -0.793. The fourth-order valence-electron chi connectivity index (χ4n) is 6.34. The number of aliphatic hydroxyl groups is 1. The predicted octanol–water partition coefficient (Wildman–Crippen LogP) is 4.37. The SMILES string of the molecule is COc1cccc([C@@]23CCN(CC4CC4)C[C@@]2(O)Cc2c([nH]c4c(C)cccc24)C3)c1. The summed E-state index contributed by atoms with van der Waals surface area (Å²) >= 11 is 0. The third kappa shape index (κ3) is 2.95. The number of likely N-dealkylation sites (tertiary alicyclic amines) is 1. The average Bonchev–Trinajstić information content (AvgIpc) is 3.52. The van der Waals surface area contributed by atoms with Crippen LogP contribution in [-0.4, -0.2) is 47.3 Å². The van der Waals surface area contributed by atoms with Gasteiger partial charge in [-0.2, -0.15) is 0 Å². The fraction of sp³-hybridized carbons (Fsp3) is 0.481. The highest BCUT2D eigenvalue weighted by atomic mass is 16.5. The number of ether oxygens (including phenoxy) is 1. The van der Waals surface area contributed by atoms with Gasteiger partial charge in [-0.1, -0.05) is 30.3 Å². The highest BCUT2D eigenvalue weighted by Crippen LogP contribution is 2.52. The van der Waals surface area contributed by atoms with Gasteiger partial charge in [-0.15, -0.1) is 0 Å². The number of hydrogen-bond donors (Lipinski definition) is 2. The molecule has 0 unspecified atom stereocenters. The van der Waals surface area contributed by atoms with E-state index < -0.39 is 5.60 Å². The number of nitrogens with zero attached hydrogens (tertiary/aromatic N) is 1. The first-order chi connectivity index (χ1) is 15.0. The summed E-state index contributed by atoms with van der Waals surface area (Å²) in [5, 5.41) is 13.7. The van der Waals surface area contributed by atoms with E-state index in [1.807, 2.05) is 6.07 Å². The molecule has 2 heterocycles. The molecule has 3 aliphatic rings. The van der Waals surface area contributed by atoms with Crippen molar-refractivity contribution in [3.05, 3.63) is 64.8 Å². The maximum atomic E-state index is 12.5. The molecule has 31 heavy (non-hydrogen) atoms. The van der Waals surface area contributed by atoms with Crippen molar-refractivity contribution in [2.45, 2.75) is 50.0 Å². The van der Waals surface area contributed by atoms with Gasteiger partial charge in [-0.05, 0) is 67.5 Å². The first-order valence-corrected chi connectivity index (χ1v) is 11.7. The number of aromatic amines is 1. The smallest absolute Gasteiger partial charge is 0.119 e. The number of benzene rings is 2. The van der Waals surface area contributed by atoms with Crippen molar-refractivity contribution >= 4 is 10.9 Å². The number of nitrogens with one attached hydrogen (secondary N) is 1. The number of piperidine rings is 1. The van der Waals surface area contributed by atoms with Crippen LogP contribution >= 0.6 is 0 Å². The van der Waals surface area contributed by atoms with Crippen molar-refractivity contribution in [2.75, 3.05) is 26.7 Å². The molecule has 2 N–H and O–H groups in total. The standard InChI is InChI=1S/C27H32N2O2/c1-18-5-3-8-22-23-14-27(30)17-29(16-19-9-10-19)12-11-26(27,15-24(23)28-25(18)22)20-6-4-7-21(13-20)31-2/h3-8,13,19,28,30H,9-12,14-17H2,1-2H3/t26-,27-/m0/s1. The number of hydrogen-bond acceptors (Lipinski definition) is 3. The van der Waals surface area contributed by atoms with Gasteiger partial charge in [-0.25, -0.2) is 0 Å². The molecule has 0 spiro atoms. The van der Waals surface area contributed by atoms with Crippen molar-refractivity contribution in [3.8, 4) is 5.75 Å². The second-order valence-corrected chi connectivity index (χ2v) is 10.2. The van der Waals surface area contributed by atoms with Crippen LogP contribution < -0.4 is 4.74 Å². The largest absolute Gasteiger partial charge is 0.497 e. The van der Waals surface area contributed by atoms with Crippen LogP contribution in [0, 0.1) is 12.8 Å². The lowest BCUT2D eigenvalue weighted by molar-refractivity contribution is -0.103. The summed E-state index contributed by atoms with van der Waals surface area (Å²) in [6.07, 6.45) is 5.21. The van der Waals surface area contributed by atoms with E-state index >= 15 is 0 Å². The normalized spacial score (nSPS) is 28.4. The van der Waals surface area contributed by atoms with Gasteiger partial charge in [0.1, 0.15) is 5.75 Å². The van der Waals surface area contributed by atoms with E-state index in [0.29, 0.717) is 6.42 Å². The maximum absolute atomic E-state index is 12.5. The summed E-state index contributed by atoms with van der Waals surface area (Å²) in [4.78, 5) is 6.28. The molecule has 1 aromatic heterocycles. The van der Waals surface area contributed by atoms with Crippen LogP contribution in [0.25, 0.3) is 10.9 Å². The Morgan fingerprint density at radius 2 is 2.00 bits per heavy atom. The molecule has 4 nitrogen and oxygen atoms in total. The third-order valence-corrected chi connectivity index (χ3v) is 8.25. The quantitative estimate of drug-likeness (QED) is 0.664. The van der Waals surface area contributed by atoms with Gasteiger partial charge in [0.15, 0.2) is 0 Å². The molecule has 162 valence electrons. The van der Waals surface area contributed by atoms with E-state index in [4.69, 9.17) is 4.74 Å². The molecule has 0 radical (unpaired) electrons. The van der Waals surface area contributed by atoms with Crippen LogP contribution in [0.4, 0.5) is 0 Å². The van der Waals surface area contributed by atoms with Crippen molar-refractivity contribution in [2.24, 2.45) is 5.92 Å². The molecule has 2 aliphatic carbocycles. The average molecular weight is 417 g/mol. The van der Waals surface area contributed by atoms with Gasteiger partial charge in [-0.3, -0.25) is 0 Å². The van der Waals surface area contributed by atoms with Gasteiger partial charge in [0.25, 0.3) is 0 Å². The fourth-order valence-corrected chi connectivity index (χ4v) is 6.34. The minimum absolute atomic E-state index is 0.302. The number of aryl methyl sites for hydroxylation is 1. The molecular formula is C27H32N2O2. The van der Waals surface area contributed by atoms with E-state index in [1.165, 1.54) is 46.1 Å². The van der Waals surface area contributed by atoms with Gasteiger partial charge in [0.2, 0.25) is 0 Å². The van der Waals surface area contributed by atoms with E-state index in [9.17, 15) is 5.11 Å². The van der Waals surface area contributed by atoms with E-state index in [0.717, 1.165) is 44.1 Å². The highest BCUT2D eigenvalue weighted by Gasteiger charge is 2.57. The topological polar surface area (TPSA) is 48.5 Å². The molecular weight excluding hydrogens is 384 g/mol. The zero-order valence-electron chi connectivity index (χ0n) is 18.6. The summed E-state index contributed by atoms with van der Waals surface area (Å²) in [6, 6.07) is 14.9. The zero-order valence-corrected chi connectivity index (χ0v) is 18.6. The molecule has 1 saturated heterocycles. The van der Waals surface area contributed by atoms with Crippen molar-refractivity contribution < 1.29 is 9.84 Å². The van der Waals surface area contributed by atoms with Crippen molar-refractivity contribution in [3.63, 3.8) is 0 Å². The molecule has 0 amide bonds. The molecule has 4 heteroatoms. The van der Waals surface area contributed by atoms with E-state index in [1.54, 1.807) is 7.11 Å². The van der Waals surface area contributed by atoms with Crippen LogP contribution in [0.3, 0.4) is 0 Å². The third-order valence-electron chi connectivity index (χ3n) is 8.25. The number of aromatic nitrogens is 1. The Labute approximate surface area is 184 Å². The Morgan fingerprint density at radius 1 is 1.16 bits per heavy atom. The first-order valence-electron chi connectivity index (χ1n) is 11.7.